The summed E-state index contributed by atoms with van der Waals surface area (Å²) in [5.41, 5.74) is 8.48. The van der Waals surface area contributed by atoms with Crippen molar-refractivity contribution in [3.8, 4) is 0 Å². The van der Waals surface area contributed by atoms with Crippen LogP contribution >= 0.6 is 0 Å². The van der Waals surface area contributed by atoms with E-state index in [2.05, 4.69) is 27.1 Å². The van der Waals surface area contributed by atoms with Crippen LogP contribution in [0.15, 0.2) is 42.6 Å². The third-order valence-corrected chi connectivity index (χ3v) is 5.27. The maximum atomic E-state index is 12.4. The van der Waals surface area contributed by atoms with Crippen LogP contribution in [0.4, 0.5) is 11.5 Å². The van der Waals surface area contributed by atoms with E-state index in [-0.39, 0.29) is 5.91 Å². The molecule has 0 radical (unpaired) electrons. The molecule has 1 aliphatic carbocycles. The number of carbonyl (C=O) groups excluding carboxylic acids is 1. The summed E-state index contributed by atoms with van der Waals surface area (Å²) in [5, 5.41) is 2.93. The first-order chi connectivity index (χ1) is 12.6. The van der Waals surface area contributed by atoms with Crippen molar-refractivity contribution in [2.45, 2.75) is 18.4 Å². The van der Waals surface area contributed by atoms with E-state index in [1.165, 1.54) is 5.56 Å². The van der Waals surface area contributed by atoms with E-state index in [0.29, 0.717) is 17.5 Å². The number of amides is 1. The summed E-state index contributed by atoms with van der Waals surface area (Å²) in [6.07, 6.45) is 2.71. The largest absolute Gasteiger partial charge is 0.354 e. The number of rotatable bonds is 4. The zero-order valence-electron chi connectivity index (χ0n) is 15.1. The smallest absolute Gasteiger partial charge is 0.257 e. The molecule has 2 aromatic rings. The van der Waals surface area contributed by atoms with Gasteiger partial charge in [0, 0.05) is 50.0 Å². The van der Waals surface area contributed by atoms with Gasteiger partial charge in [0.25, 0.3) is 5.91 Å². The zero-order valence-corrected chi connectivity index (χ0v) is 15.1. The average molecular weight is 351 g/mol. The Morgan fingerprint density at radius 3 is 2.38 bits per heavy atom. The number of pyridine rings is 1. The van der Waals surface area contributed by atoms with Crippen molar-refractivity contribution < 1.29 is 4.79 Å². The third kappa shape index (κ3) is 3.71. The normalized spacial score (nSPS) is 22.9. The lowest BCUT2D eigenvalue weighted by molar-refractivity contribution is 0.102. The zero-order chi connectivity index (χ0) is 18.1. The molecule has 0 unspecified atom stereocenters. The maximum Gasteiger partial charge on any atom is 0.257 e. The van der Waals surface area contributed by atoms with Crippen LogP contribution in [0.3, 0.4) is 0 Å². The molecule has 0 bridgehead atoms. The molecule has 6 heteroatoms. The highest BCUT2D eigenvalue weighted by molar-refractivity contribution is 6.04. The summed E-state index contributed by atoms with van der Waals surface area (Å²) in [5.74, 6) is 1.27. The molecule has 6 nitrogen and oxygen atoms in total. The number of benzene rings is 1. The number of nitrogens with two attached hydrogens (primary N) is 1. The summed E-state index contributed by atoms with van der Waals surface area (Å²) in [7, 11) is 2.13. The number of likely N-dealkylation sites (N-methyl/N-ethyl adjacent to an activating group) is 1. The van der Waals surface area contributed by atoms with Crippen molar-refractivity contribution in [2.24, 2.45) is 5.73 Å². The van der Waals surface area contributed by atoms with E-state index >= 15 is 0 Å². The molecule has 2 fully saturated rings. The first-order valence-electron chi connectivity index (χ1n) is 9.16. The fraction of sp³-hybridized carbons (Fsp3) is 0.400. The Bertz CT molecular complexity index is 766. The second-order valence-electron chi connectivity index (χ2n) is 7.28. The van der Waals surface area contributed by atoms with Gasteiger partial charge < -0.3 is 20.9 Å². The molecular weight excluding hydrogens is 326 g/mol. The van der Waals surface area contributed by atoms with E-state index in [9.17, 15) is 4.79 Å². The van der Waals surface area contributed by atoms with E-state index < -0.39 is 0 Å². The van der Waals surface area contributed by atoms with Crippen molar-refractivity contribution >= 4 is 17.4 Å². The molecule has 3 N–H and O–H groups in total. The molecule has 2 aliphatic rings. The third-order valence-electron chi connectivity index (χ3n) is 5.27. The molecule has 1 aromatic carbocycles. The van der Waals surface area contributed by atoms with Crippen LogP contribution in [0.1, 0.15) is 28.3 Å². The van der Waals surface area contributed by atoms with Crippen molar-refractivity contribution in [2.75, 3.05) is 43.4 Å². The summed E-state index contributed by atoms with van der Waals surface area (Å²) in [6.45, 7) is 4.00. The Balaban J connectivity index is 1.37. The summed E-state index contributed by atoms with van der Waals surface area (Å²) < 4.78 is 0. The Hall–Kier alpha value is -2.44. The highest BCUT2D eigenvalue weighted by Crippen LogP contribution is 2.39. The first kappa shape index (κ1) is 17.0. The average Bonchev–Trinajstić information content (AvgIpc) is 3.40. The Kier molecular flexibility index (Phi) is 4.61. The minimum Gasteiger partial charge on any atom is -0.354 e. The fourth-order valence-electron chi connectivity index (χ4n) is 3.36. The van der Waals surface area contributed by atoms with Gasteiger partial charge in [-0.1, -0.05) is 12.1 Å². The van der Waals surface area contributed by atoms with Gasteiger partial charge in [-0.05, 0) is 43.3 Å². The van der Waals surface area contributed by atoms with Gasteiger partial charge in [-0.3, -0.25) is 4.79 Å². The monoisotopic (exact) mass is 351 g/mol. The standard InChI is InChI=1S/C20H25N5O/c1-24-8-10-25(11-9-24)19-7-4-15(13-22-19)20(26)23-16-5-2-14(3-6-16)17-12-18(17)21/h2-7,13,17-18H,8-12,21H2,1H3,(H,23,26)/t17-,18+/m0/s1. The molecular formula is C20H25N5O. The van der Waals surface area contributed by atoms with Crippen molar-refractivity contribution in [3.63, 3.8) is 0 Å². The SMILES string of the molecule is CN1CCN(c2ccc(C(=O)Nc3ccc([C@@H]4C[C@H]4N)cc3)cn2)CC1. The summed E-state index contributed by atoms with van der Waals surface area (Å²) in [4.78, 5) is 21.5. The lowest BCUT2D eigenvalue weighted by Gasteiger charge is -2.33. The van der Waals surface area contributed by atoms with Crippen LogP contribution < -0.4 is 16.0 Å². The topological polar surface area (TPSA) is 74.5 Å². The number of hydrogen-bond acceptors (Lipinski definition) is 5. The van der Waals surface area contributed by atoms with Crippen molar-refractivity contribution in [3.05, 3.63) is 53.7 Å². The second kappa shape index (κ2) is 7.05. The number of aromatic nitrogens is 1. The summed E-state index contributed by atoms with van der Waals surface area (Å²) >= 11 is 0. The van der Waals surface area contributed by atoms with Gasteiger partial charge in [0.2, 0.25) is 0 Å². The fourth-order valence-corrected chi connectivity index (χ4v) is 3.36. The molecule has 2 atom stereocenters. The molecule has 2 heterocycles. The van der Waals surface area contributed by atoms with Crippen LogP contribution in [-0.2, 0) is 0 Å². The highest BCUT2D eigenvalue weighted by atomic mass is 16.1. The van der Waals surface area contributed by atoms with Gasteiger partial charge in [-0.2, -0.15) is 0 Å². The molecule has 1 saturated heterocycles. The molecule has 4 rings (SSSR count). The number of hydrogen-bond donors (Lipinski definition) is 2. The minimum atomic E-state index is -0.140. The van der Waals surface area contributed by atoms with Crippen LogP contribution in [0.25, 0.3) is 0 Å². The van der Waals surface area contributed by atoms with Gasteiger partial charge >= 0.3 is 0 Å². The molecule has 1 amide bonds. The van der Waals surface area contributed by atoms with Crippen LogP contribution in [0.2, 0.25) is 0 Å². The van der Waals surface area contributed by atoms with Gasteiger partial charge in [0.05, 0.1) is 5.56 Å². The van der Waals surface area contributed by atoms with Crippen LogP contribution in [-0.4, -0.2) is 55.1 Å². The number of nitrogens with one attached hydrogen (secondary N) is 1. The van der Waals surface area contributed by atoms with Gasteiger partial charge in [-0.25, -0.2) is 4.98 Å². The highest BCUT2D eigenvalue weighted by Gasteiger charge is 2.34. The van der Waals surface area contributed by atoms with Gasteiger partial charge in [0.1, 0.15) is 5.82 Å². The molecule has 1 saturated carbocycles. The maximum absolute atomic E-state index is 12.4. The van der Waals surface area contributed by atoms with E-state index in [4.69, 9.17) is 5.73 Å². The first-order valence-corrected chi connectivity index (χ1v) is 9.16. The number of piperazine rings is 1. The summed E-state index contributed by atoms with van der Waals surface area (Å²) in [6, 6.07) is 12.0. The van der Waals surface area contributed by atoms with E-state index in [1.807, 2.05) is 36.4 Å². The van der Waals surface area contributed by atoms with Gasteiger partial charge in [-0.15, -0.1) is 0 Å². The molecule has 26 heavy (non-hydrogen) atoms. The molecule has 136 valence electrons. The predicted octanol–water partition coefficient (Wildman–Crippen LogP) is 1.90. The Labute approximate surface area is 154 Å². The lowest BCUT2D eigenvalue weighted by atomic mass is 10.1. The Morgan fingerprint density at radius 1 is 1.12 bits per heavy atom. The minimum absolute atomic E-state index is 0.140. The van der Waals surface area contributed by atoms with Crippen molar-refractivity contribution in [1.82, 2.24) is 9.88 Å². The second-order valence-corrected chi connectivity index (χ2v) is 7.28. The molecule has 1 aliphatic heterocycles. The Morgan fingerprint density at radius 2 is 1.81 bits per heavy atom. The van der Waals surface area contributed by atoms with Crippen LogP contribution in [0, 0.1) is 0 Å². The lowest BCUT2D eigenvalue weighted by Crippen LogP contribution is -2.44. The van der Waals surface area contributed by atoms with E-state index in [0.717, 1.165) is 44.1 Å². The predicted molar refractivity (Wildman–Crippen MR) is 104 cm³/mol. The van der Waals surface area contributed by atoms with Crippen molar-refractivity contribution in [1.29, 1.82) is 0 Å². The number of nitrogens with zero attached hydrogens (tertiary/aromatic N) is 3. The van der Waals surface area contributed by atoms with Gasteiger partial charge in [0.15, 0.2) is 0 Å². The molecule has 1 aromatic heterocycles. The quantitative estimate of drug-likeness (QED) is 0.880. The number of carbonyl (C=O) groups is 1. The molecule has 0 spiro atoms. The van der Waals surface area contributed by atoms with E-state index in [1.54, 1.807) is 6.20 Å². The number of anilines is 2. The van der Waals surface area contributed by atoms with Crippen LogP contribution in [0.5, 0.6) is 0 Å².